The molecule has 0 N–H and O–H groups in total. The van der Waals surface area contributed by atoms with Crippen molar-refractivity contribution in [3.63, 3.8) is 0 Å². The fourth-order valence-corrected chi connectivity index (χ4v) is 2.74. The van der Waals surface area contributed by atoms with Crippen LogP contribution in [-0.2, 0) is 11.3 Å². The lowest BCUT2D eigenvalue weighted by atomic mass is 10.1. The number of aromatic nitrogens is 2. The Kier molecular flexibility index (Phi) is 4.78. The summed E-state index contributed by atoms with van der Waals surface area (Å²) in [4.78, 5) is 6.62. The van der Waals surface area contributed by atoms with E-state index in [0.29, 0.717) is 31.5 Å². The van der Waals surface area contributed by atoms with E-state index < -0.39 is 0 Å². The molecule has 23 heavy (non-hydrogen) atoms. The Morgan fingerprint density at radius 1 is 1.30 bits per heavy atom. The molecule has 2 aromatic rings. The Morgan fingerprint density at radius 2 is 2.17 bits per heavy atom. The zero-order valence-corrected chi connectivity index (χ0v) is 13.6. The molecule has 7 nitrogen and oxygen atoms in total. The maximum absolute atomic E-state index is 5.60. The van der Waals surface area contributed by atoms with Gasteiger partial charge in [0.25, 0.3) is 0 Å². The van der Waals surface area contributed by atoms with Gasteiger partial charge < -0.3 is 18.7 Å². The Balaban J connectivity index is 1.84. The second-order valence-electron chi connectivity index (χ2n) is 5.41. The third-order valence-electron chi connectivity index (χ3n) is 3.94. The molecule has 1 atom stereocenters. The molecule has 0 amide bonds. The molecule has 1 fully saturated rings. The summed E-state index contributed by atoms with van der Waals surface area (Å²) in [5, 5.41) is 4.04. The van der Waals surface area contributed by atoms with E-state index in [0.717, 1.165) is 23.6 Å². The fourth-order valence-electron chi connectivity index (χ4n) is 2.74. The average Bonchev–Trinajstić information content (AvgIpc) is 3.01. The van der Waals surface area contributed by atoms with Gasteiger partial charge in [-0.25, -0.2) is 0 Å². The predicted octanol–water partition coefficient (Wildman–Crippen LogP) is 1.97. The van der Waals surface area contributed by atoms with Crippen LogP contribution >= 0.6 is 0 Å². The van der Waals surface area contributed by atoms with E-state index >= 15 is 0 Å². The molecule has 1 aliphatic rings. The van der Waals surface area contributed by atoms with Gasteiger partial charge in [-0.2, -0.15) is 4.98 Å². The molecule has 7 heteroatoms. The number of morpholine rings is 1. The number of hydrogen-bond donors (Lipinski definition) is 0. The van der Waals surface area contributed by atoms with Crippen LogP contribution in [0.25, 0.3) is 0 Å². The molecule has 124 valence electrons. The van der Waals surface area contributed by atoms with Gasteiger partial charge in [0.05, 0.1) is 33.5 Å². The first-order valence-corrected chi connectivity index (χ1v) is 7.54. The van der Waals surface area contributed by atoms with Gasteiger partial charge in [-0.1, -0.05) is 5.16 Å². The second-order valence-corrected chi connectivity index (χ2v) is 5.41. The highest BCUT2D eigenvalue weighted by atomic mass is 16.5. The molecule has 0 aliphatic carbocycles. The number of benzene rings is 1. The summed E-state index contributed by atoms with van der Waals surface area (Å²) in [6, 6.07) is 5.77. The van der Waals surface area contributed by atoms with Crippen LogP contribution in [0, 0.1) is 6.92 Å². The standard InChI is InChI=1S/C16H21N3O4/c1-11-17-16(18-23-11)14-10-22-7-6-19(14)9-12-8-13(20-2)4-5-15(12)21-3/h4-5,8,14H,6-7,9-10H2,1-3H3/t14-/m0/s1. The molecule has 0 radical (unpaired) electrons. The third kappa shape index (κ3) is 3.46. The van der Waals surface area contributed by atoms with Crippen LogP contribution in [0.15, 0.2) is 22.7 Å². The van der Waals surface area contributed by atoms with Crippen molar-refractivity contribution in [1.29, 1.82) is 0 Å². The van der Waals surface area contributed by atoms with Crippen LogP contribution in [0.4, 0.5) is 0 Å². The van der Waals surface area contributed by atoms with Crippen molar-refractivity contribution in [2.24, 2.45) is 0 Å². The van der Waals surface area contributed by atoms with E-state index in [2.05, 4.69) is 15.0 Å². The third-order valence-corrected chi connectivity index (χ3v) is 3.94. The highest BCUT2D eigenvalue weighted by Crippen LogP contribution is 2.29. The largest absolute Gasteiger partial charge is 0.497 e. The summed E-state index contributed by atoms with van der Waals surface area (Å²) in [6.45, 7) is 4.50. The number of hydrogen-bond acceptors (Lipinski definition) is 7. The first-order chi connectivity index (χ1) is 11.2. The zero-order valence-electron chi connectivity index (χ0n) is 13.6. The molecule has 1 saturated heterocycles. The molecule has 1 aromatic carbocycles. The minimum Gasteiger partial charge on any atom is -0.497 e. The predicted molar refractivity (Wildman–Crippen MR) is 82.6 cm³/mol. The average molecular weight is 319 g/mol. The lowest BCUT2D eigenvalue weighted by Gasteiger charge is -2.33. The van der Waals surface area contributed by atoms with Crippen molar-refractivity contribution in [3.8, 4) is 11.5 Å². The molecule has 1 aromatic heterocycles. The van der Waals surface area contributed by atoms with Crippen molar-refractivity contribution in [1.82, 2.24) is 15.0 Å². The topological polar surface area (TPSA) is 69.9 Å². The maximum atomic E-state index is 5.60. The first-order valence-electron chi connectivity index (χ1n) is 7.54. The highest BCUT2D eigenvalue weighted by molar-refractivity contribution is 5.40. The number of ether oxygens (including phenoxy) is 3. The number of aryl methyl sites for hydroxylation is 1. The molecule has 1 aliphatic heterocycles. The molecule has 0 unspecified atom stereocenters. The van der Waals surface area contributed by atoms with Crippen LogP contribution in [0.3, 0.4) is 0 Å². The van der Waals surface area contributed by atoms with Crippen molar-refractivity contribution in [2.45, 2.75) is 19.5 Å². The minimum atomic E-state index is -0.0305. The lowest BCUT2D eigenvalue weighted by molar-refractivity contribution is -0.0169. The van der Waals surface area contributed by atoms with Gasteiger partial charge in [0.1, 0.15) is 11.5 Å². The van der Waals surface area contributed by atoms with E-state index in [1.807, 2.05) is 18.2 Å². The van der Waals surface area contributed by atoms with Crippen molar-refractivity contribution in [2.75, 3.05) is 34.0 Å². The zero-order chi connectivity index (χ0) is 16.2. The summed E-state index contributed by atoms with van der Waals surface area (Å²) in [5.41, 5.74) is 1.05. The molecule has 0 spiro atoms. The van der Waals surface area contributed by atoms with Gasteiger partial charge in [0.2, 0.25) is 5.89 Å². The molecular weight excluding hydrogens is 298 g/mol. The molecule has 3 rings (SSSR count). The maximum Gasteiger partial charge on any atom is 0.223 e. The van der Waals surface area contributed by atoms with E-state index in [1.54, 1.807) is 21.1 Å². The normalized spacial score (nSPS) is 18.8. The van der Waals surface area contributed by atoms with Crippen LogP contribution in [0.5, 0.6) is 11.5 Å². The Bertz CT molecular complexity index is 659. The monoisotopic (exact) mass is 319 g/mol. The molecule has 0 bridgehead atoms. The highest BCUT2D eigenvalue weighted by Gasteiger charge is 2.29. The summed E-state index contributed by atoms with van der Waals surface area (Å²) in [5.74, 6) is 2.86. The lowest BCUT2D eigenvalue weighted by Crippen LogP contribution is -2.39. The van der Waals surface area contributed by atoms with Crippen molar-refractivity contribution < 1.29 is 18.7 Å². The Labute approximate surface area is 135 Å². The summed E-state index contributed by atoms with van der Waals surface area (Å²) in [6.07, 6.45) is 0. The SMILES string of the molecule is COc1ccc(OC)c(CN2CCOC[C@H]2c2noc(C)n2)c1. The van der Waals surface area contributed by atoms with Gasteiger partial charge in [0.15, 0.2) is 5.82 Å². The Morgan fingerprint density at radius 3 is 2.87 bits per heavy atom. The van der Waals surface area contributed by atoms with Crippen molar-refractivity contribution >= 4 is 0 Å². The van der Waals surface area contributed by atoms with E-state index in [-0.39, 0.29) is 6.04 Å². The van der Waals surface area contributed by atoms with E-state index in [4.69, 9.17) is 18.7 Å². The van der Waals surface area contributed by atoms with Crippen LogP contribution in [-0.4, -0.2) is 49.0 Å². The number of methoxy groups -OCH3 is 2. The summed E-state index contributed by atoms with van der Waals surface area (Å²) >= 11 is 0. The minimum absolute atomic E-state index is 0.0305. The van der Waals surface area contributed by atoms with E-state index in [1.165, 1.54) is 0 Å². The van der Waals surface area contributed by atoms with Crippen LogP contribution in [0.2, 0.25) is 0 Å². The van der Waals surface area contributed by atoms with E-state index in [9.17, 15) is 0 Å². The smallest absolute Gasteiger partial charge is 0.223 e. The summed E-state index contributed by atoms with van der Waals surface area (Å²) in [7, 11) is 3.33. The van der Waals surface area contributed by atoms with Gasteiger partial charge in [-0.3, -0.25) is 4.90 Å². The quantitative estimate of drug-likeness (QED) is 0.834. The number of rotatable bonds is 5. The van der Waals surface area contributed by atoms with Gasteiger partial charge in [-0.15, -0.1) is 0 Å². The molecule has 2 heterocycles. The Hall–Kier alpha value is -2.12. The summed E-state index contributed by atoms with van der Waals surface area (Å²) < 4.78 is 21.5. The van der Waals surface area contributed by atoms with Crippen molar-refractivity contribution in [3.05, 3.63) is 35.5 Å². The van der Waals surface area contributed by atoms with Gasteiger partial charge >= 0.3 is 0 Å². The van der Waals surface area contributed by atoms with Crippen LogP contribution in [0.1, 0.15) is 23.3 Å². The second kappa shape index (κ2) is 6.97. The molecular formula is C16H21N3O4. The molecule has 0 saturated carbocycles. The first kappa shape index (κ1) is 15.8. The van der Waals surface area contributed by atoms with Gasteiger partial charge in [0, 0.05) is 25.6 Å². The number of nitrogens with zero attached hydrogens (tertiary/aromatic N) is 3. The van der Waals surface area contributed by atoms with Gasteiger partial charge in [-0.05, 0) is 18.2 Å². The fraction of sp³-hybridized carbons (Fsp3) is 0.500. The van der Waals surface area contributed by atoms with Crippen LogP contribution < -0.4 is 9.47 Å².